The van der Waals surface area contributed by atoms with Gasteiger partial charge >= 0.3 is 0 Å². The number of nitrogens with zero attached hydrogens (tertiary/aromatic N) is 1. The number of benzene rings is 2. The Labute approximate surface area is 145 Å². The summed E-state index contributed by atoms with van der Waals surface area (Å²) in [6.45, 7) is 3.53. The molecule has 1 unspecified atom stereocenters. The van der Waals surface area contributed by atoms with Crippen LogP contribution in [0.5, 0.6) is 5.75 Å². The van der Waals surface area contributed by atoms with Crippen LogP contribution in [0.25, 0.3) is 0 Å². The number of hydrogen-bond donors (Lipinski definition) is 1. The Morgan fingerprint density at radius 3 is 2.79 bits per heavy atom. The zero-order chi connectivity index (χ0) is 17.4. The maximum atomic E-state index is 12.5. The van der Waals surface area contributed by atoms with Gasteiger partial charge in [0.2, 0.25) is 0 Å². The molecule has 2 amide bonds. The van der Waals surface area contributed by atoms with Crippen molar-refractivity contribution in [3.63, 3.8) is 0 Å². The zero-order valence-corrected chi connectivity index (χ0v) is 14.3. The van der Waals surface area contributed by atoms with Crippen molar-refractivity contribution in [2.45, 2.75) is 20.0 Å². The van der Waals surface area contributed by atoms with Crippen LogP contribution < -0.4 is 15.0 Å². The number of halogens is 1. The molecule has 6 heteroatoms. The Morgan fingerprint density at radius 2 is 2.04 bits per heavy atom. The van der Waals surface area contributed by atoms with Crippen LogP contribution in [0, 0.1) is 6.92 Å². The van der Waals surface area contributed by atoms with E-state index >= 15 is 0 Å². The molecule has 124 valence electrons. The number of anilines is 2. The molecule has 0 aromatic heterocycles. The Kier molecular flexibility index (Phi) is 4.20. The Hall–Kier alpha value is -2.53. The van der Waals surface area contributed by atoms with Gasteiger partial charge in [0.15, 0.2) is 6.10 Å². The van der Waals surface area contributed by atoms with Crippen molar-refractivity contribution in [1.82, 2.24) is 0 Å². The standard InChI is InChI=1S/C18H17ClN2O3/c1-10-13(19)5-4-6-14(10)20-17(22)12-7-8-15-16(9-12)24-11(2)18(23)21(15)3/h4-9,11H,1-3H3,(H,20,22). The van der Waals surface area contributed by atoms with Crippen LogP contribution in [-0.4, -0.2) is 25.0 Å². The van der Waals surface area contributed by atoms with Gasteiger partial charge in [-0.25, -0.2) is 0 Å². The summed E-state index contributed by atoms with van der Waals surface area (Å²) in [5.74, 6) is 0.133. The lowest BCUT2D eigenvalue weighted by Crippen LogP contribution is -2.42. The van der Waals surface area contributed by atoms with Crippen molar-refractivity contribution in [3.8, 4) is 5.75 Å². The van der Waals surface area contributed by atoms with E-state index in [1.54, 1.807) is 50.4 Å². The normalized spacial score (nSPS) is 16.4. The minimum atomic E-state index is -0.573. The molecule has 0 spiro atoms. The van der Waals surface area contributed by atoms with Crippen LogP contribution in [0.15, 0.2) is 36.4 Å². The molecule has 2 aromatic rings. The molecule has 1 aliphatic heterocycles. The number of nitrogens with one attached hydrogen (secondary N) is 1. The third-order valence-electron chi connectivity index (χ3n) is 4.08. The molecule has 5 nitrogen and oxygen atoms in total. The first-order valence-corrected chi connectivity index (χ1v) is 7.91. The Bertz CT molecular complexity index is 835. The molecule has 1 N–H and O–H groups in total. The first-order valence-electron chi connectivity index (χ1n) is 7.53. The van der Waals surface area contributed by atoms with Crippen LogP contribution in [0.2, 0.25) is 5.02 Å². The highest BCUT2D eigenvalue weighted by Gasteiger charge is 2.29. The molecule has 1 heterocycles. The minimum absolute atomic E-state index is 0.116. The second-order valence-corrected chi connectivity index (χ2v) is 6.11. The molecule has 0 aliphatic carbocycles. The van der Waals surface area contributed by atoms with Crippen LogP contribution >= 0.6 is 11.6 Å². The van der Waals surface area contributed by atoms with Crippen molar-refractivity contribution < 1.29 is 14.3 Å². The molecule has 24 heavy (non-hydrogen) atoms. The lowest BCUT2D eigenvalue weighted by molar-refractivity contribution is -0.125. The van der Waals surface area contributed by atoms with Gasteiger partial charge in [-0.2, -0.15) is 0 Å². The Balaban J connectivity index is 1.88. The van der Waals surface area contributed by atoms with Crippen LogP contribution in [-0.2, 0) is 4.79 Å². The van der Waals surface area contributed by atoms with E-state index in [9.17, 15) is 9.59 Å². The first kappa shape index (κ1) is 16.3. The van der Waals surface area contributed by atoms with E-state index in [2.05, 4.69) is 5.32 Å². The van der Waals surface area contributed by atoms with E-state index in [0.717, 1.165) is 5.56 Å². The third kappa shape index (κ3) is 2.83. The summed E-state index contributed by atoms with van der Waals surface area (Å²) in [7, 11) is 1.69. The number of likely N-dealkylation sites (N-methyl/N-ethyl adjacent to an activating group) is 1. The number of carbonyl (C=O) groups is 2. The zero-order valence-electron chi connectivity index (χ0n) is 13.6. The van der Waals surface area contributed by atoms with E-state index in [4.69, 9.17) is 16.3 Å². The molecule has 0 saturated heterocycles. The van der Waals surface area contributed by atoms with E-state index < -0.39 is 6.10 Å². The molecule has 2 aromatic carbocycles. The van der Waals surface area contributed by atoms with E-state index in [-0.39, 0.29) is 11.8 Å². The summed E-state index contributed by atoms with van der Waals surface area (Å²) < 4.78 is 5.61. The Morgan fingerprint density at radius 1 is 1.29 bits per heavy atom. The van der Waals surface area contributed by atoms with Crippen molar-refractivity contribution in [1.29, 1.82) is 0 Å². The number of amides is 2. The topological polar surface area (TPSA) is 58.6 Å². The fourth-order valence-corrected chi connectivity index (χ4v) is 2.77. The summed E-state index contributed by atoms with van der Waals surface area (Å²) in [6.07, 6.45) is -0.573. The fourth-order valence-electron chi connectivity index (χ4n) is 2.60. The number of hydrogen-bond acceptors (Lipinski definition) is 3. The molecular weight excluding hydrogens is 328 g/mol. The van der Waals surface area contributed by atoms with E-state index in [0.29, 0.717) is 27.7 Å². The second kappa shape index (κ2) is 6.17. The maximum Gasteiger partial charge on any atom is 0.267 e. The lowest BCUT2D eigenvalue weighted by Gasteiger charge is -2.30. The van der Waals surface area contributed by atoms with Gasteiger partial charge < -0.3 is 15.0 Å². The SMILES string of the molecule is Cc1c(Cl)cccc1NC(=O)c1ccc2c(c1)OC(C)C(=O)N2C. The van der Waals surface area contributed by atoms with Crippen LogP contribution in [0.4, 0.5) is 11.4 Å². The van der Waals surface area contributed by atoms with Crippen molar-refractivity contribution in [3.05, 3.63) is 52.5 Å². The fraction of sp³-hybridized carbons (Fsp3) is 0.222. The van der Waals surface area contributed by atoms with E-state index in [1.807, 2.05) is 6.92 Å². The maximum absolute atomic E-state index is 12.5. The number of ether oxygens (including phenoxy) is 1. The van der Waals surface area contributed by atoms with Gasteiger partial charge in [0.25, 0.3) is 11.8 Å². The summed E-state index contributed by atoms with van der Waals surface area (Å²) in [4.78, 5) is 26.0. The summed E-state index contributed by atoms with van der Waals surface area (Å²) >= 11 is 6.08. The predicted molar refractivity (Wildman–Crippen MR) is 94.1 cm³/mol. The van der Waals surface area contributed by atoms with Crippen molar-refractivity contribution >= 4 is 34.8 Å². The smallest absolute Gasteiger partial charge is 0.267 e. The predicted octanol–water partition coefficient (Wildman–Crippen LogP) is 3.64. The third-order valence-corrected chi connectivity index (χ3v) is 4.49. The monoisotopic (exact) mass is 344 g/mol. The van der Waals surface area contributed by atoms with Gasteiger partial charge in [0, 0.05) is 23.3 Å². The van der Waals surface area contributed by atoms with Gasteiger partial charge in [0.1, 0.15) is 5.75 Å². The average Bonchev–Trinajstić information content (AvgIpc) is 2.56. The molecule has 3 rings (SSSR count). The first-order chi connectivity index (χ1) is 11.4. The summed E-state index contributed by atoms with van der Waals surface area (Å²) in [6, 6.07) is 10.4. The molecule has 1 aliphatic rings. The van der Waals surface area contributed by atoms with Gasteiger partial charge in [-0.05, 0) is 49.7 Å². The molecule has 1 atom stereocenters. The van der Waals surface area contributed by atoms with Crippen LogP contribution in [0.3, 0.4) is 0 Å². The molecular formula is C18H17ClN2O3. The van der Waals surface area contributed by atoms with Gasteiger partial charge in [-0.1, -0.05) is 17.7 Å². The largest absolute Gasteiger partial charge is 0.479 e. The summed E-state index contributed by atoms with van der Waals surface area (Å²) in [5.41, 5.74) is 2.56. The van der Waals surface area contributed by atoms with E-state index in [1.165, 1.54) is 4.90 Å². The average molecular weight is 345 g/mol. The van der Waals surface area contributed by atoms with Crippen molar-refractivity contribution in [2.24, 2.45) is 0 Å². The molecule has 0 bridgehead atoms. The van der Waals surface area contributed by atoms with Gasteiger partial charge in [-0.3, -0.25) is 9.59 Å². The second-order valence-electron chi connectivity index (χ2n) is 5.71. The number of rotatable bonds is 2. The molecule has 0 radical (unpaired) electrons. The number of fused-ring (bicyclic) bond motifs is 1. The molecule has 0 saturated carbocycles. The quantitative estimate of drug-likeness (QED) is 0.904. The summed E-state index contributed by atoms with van der Waals surface area (Å²) in [5, 5.41) is 3.44. The molecule has 0 fully saturated rings. The highest BCUT2D eigenvalue weighted by Crippen LogP contribution is 2.34. The van der Waals surface area contributed by atoms with Crippen LogP contribution in [0.1, 0.15) is 22.8 Å². The van der Waals surface area contributed by atoms with Gasteiger partial charge in [0.05, 0.1) is 5.69 Å². The minimum Gasteiger partial charge on any atom is -0.479 e. The van der Waals surface area contributed by atoms with Crippen molar-refractivity contribution in [2.75, 3.05) is 17.3 Å². The highest BCUT2D eigenvalue weighted by molar-refractivity contribution is 6.31. The number of carbonyl (C=O) groups excluding carboxylic acids is 2. The van der Waals surface area contributed by atoms with Gasteiger partial charge in [-0.15, -0.1) is 0 Å². The highest BCUT2D eigenvalue weighted by atomic mass is 35.5. The lowest BCUT2D eigenvalue weighted by atomic mass is 10.1.